The average Bonchev–Trinajstić information content (AvgIpc) is 2.34. The minimum Gasteiger partial charge on any atom is -0.463 e. The van der Waals surface area contributed by atoms with Gasteiger partial charge >= 0.3 is 5.97 Å². The second-order valence-corrected chi connectivity index (χ2v) is 4.10. The third kappa shape index (κ3) is 9.12. The third-order valence-corrected chi connectivity index (χ3v) is 2.65. The Morgan fingerprint density at radius 2 is 1.94 bits per heavy atom. The molecule has 0 rings (SSSR count). The van der Waals surface area contributed by atoms with Gasteiger partial charge in [0.1, 0.15) is 6.61 Å². The summed E-state index contributed by atoms with van der Waals surface area (Å²) in [4.78, 5) is 11.7. The second-order valence-electron chi connectivity index (χ2n) is 4.10. The Kier molecular flexibility index (Phi) is 11.4. The molecule has 0 aliphatic heterocycles. The van der Waals surface area contributed by atoms with Gasteiger partial charge in [-0.25, -0.2) is 0 Å². The number of carbonyl (C=O) groups is 1. The Morgan fingerprint density at radius 3 is 2.53 bits per heavy atom. The lowest BCUT2D eigenvalue weighted by molar-refractivity contribution is -0.150. The van der Waals surface area contributed by atoms with Gasteiger partial charge in [0.05, 0.1) is 12.5 Å². The molecule has 0 heterocycles. The summed E-state index contributed by atoms with van der Waals surface area (Å²) in [5.74, 6) is -0.0703. The molecule has 0 aliphatic carbocycles. The molecule has 0 aromatic carbocycles. The van der Waals surface area contributed by atoms with E-state index in [1.165, 1.54) is 0 Å². The fourth-order valence-electron chi connectivity index (χ4n) is 1.53. The molecule has 102 valence electrons. The minimum atomic E-state index is -0.105. The number of unbranched alkanes of at least 4 members (excludes halogenated alkanes) is 1. The first-order valence-corrected chi connectivity index (χ1v) is 6.61. The van der Waals surface area contributed by atoms with Crippen LogP contribution in [0.1, 0.15) is 46.0 Å². The maximum atomic E-state index is 11.7. The van der Waals surface area contributed by atoms with Gasteiger partial charge in [-0.2, -0.15) is 0 Å². The molecule has 0 aliphatic rings. The van der Waals surface area contributed by atoms with E-state index in [9.17, 15) is 4.79 Å². The molecule has 17 heavy (non-hydrogen) atoms. The molecule has 0 radical (unpaired) electrons. The summed E-state index contributed by atoms with van der Waals surface area (Å²) in [7, 11) is 0. The zero-order chi connectivity index (χ0) is 12.9. The van der Waals surface area contributed by atoms with Crippen LogP contribution in [0, 0.1) is 5.92 Å². The molecule has 4 nitrogen and oxygen atoms in total. The average molecular weight is 246 g/mol. The van der Waals surface area contributed by atoms with Crippen molar-refractivity contribution in [3.05, 3.63) is 0 Å². The highest BCUT2D eigenvalue weighted by atomic mass is 16.6. The molecule has 0 aromatic heterocycles. The number of carbonyl (C=O) groups excluding carboxylic acids is 1. The van der Waals surface area contributed by atoms with Crippen LogP contribution in [0.15, 0.2) is 0 Å². The number of ether oxygens (including phenoxy) is 2. The zero-order valence-electron chi connectivity index (χ0n) is 11.1. The molecule has 0 saturated carbocycles. The van der Waals surface area contributed by atoms with Crippen molar-refractivity contribution in [2.24, 2.45) is 5.92 Å². The maximum absolute atomic E-state index is 11.7. The Morgan fingerprint density at radius 1 is 1.18 bits per heavy atom. The highest BCUT2D eigenvalue weighted by Gasteiger charge is 2.16. The summed E-state index contributed by atoms with van der Waals surface area (Å²) in [5, 5.41) is 8.53. The van der Waals surface area contributed by atoms with E-state index in [1.807, 2.05) is 6.92 Å². The molecular weight excluding hydrogens is 220 g/mol. The van der Waals surface area contributed by atoms with Gasteiger partial charge in [0.25, 0.3) is 0 Å². The third-order valence-electron chi connectivity index (χ3n) is 2.65. The van der Waals surface area contributed by atoms with E-state index < -0.39 is 0 Å². The predicted octanol–water partition coefficient (Wildman–Crippen LogP) is 2.15. The van der Waals surface area contributed by atoms with E-state index in [4.69, 9.17) is 14.6 Å². The van der Waals surface area contributed by atoms with Gasteiger partial charge in [-0.1, -0.05) is 26.7 Å². The molecule has 0 spiro atoms. The van der Waals surface area contributed by atoms with Crippen molar-refractivity contribution in [3.63, 3.8) is 0 Å². The van der Waals surface area contributed by atoms with Gasteiger partial charge in [0.15, 0.2) is 0 Å². The van der Waals surface area contributed by atoms with Crippen LogP contribution >= 0.6 is 0 Å². The lowest BCUT2D eigenvalue weighted by atomic mass is 10.00. The summed E-state index contributed by atoms with van der Waals surface area (Å²) in [6, 6.07) is 0. The summed E-state index contributed by atoms with van der Waals surface area (Å²) in [6.45, 7) is 5.50. The smallest absolute Gasteiger partial charge is 0.308 e. The van der Waals surface area contributed by atoms with Crippen molar-refractivity contribution in [3.8, 4) is 0 Å². The molecule has 1 unspecified atom stereocenters. The highest BCUT2D eigenvalue weighted by molar-refractivity contribution is 5.72. The highest BCUT2D eigenvalue weighted by Crippen LogP contribution is 2.14. The maximum Gasteiger partial charge on any atom is 0.308 e. The molecule has 4 heteroatoms. The van der Waals surface area contributed by atoms with Gasteiger partial charge in [0.2, 0.25) is 0 Å². The van der Waals surface area contributed by atoms with Gasteiger partial charge < -0.3 is 14.6 Å². The lowest BCUT2D eigenvalue weighted by Crippen LogP contribution is -2.19. The predicted molar refractivity (Wildman–Crippen MR) is 66.8 cm³/mol. The molecule has 0 aromatic rings. The van der Waals surface area contributed by atoms with Gasteiger partial charge in [-0.3, -0.25) is 4.79 Å². The molecule has 0 fully saturated rings. The summed E-state index contributed by atoms with van der Waals surface area (Å²) in [6.07, 6.45) is 4.55. The Balaban J connectivity index is 3.54. The van der Waals surface area contributed by atoms with E-state index in [-0.39, 0.29) is 18.5 Å². The van der Waals surface area contributed by atoms with Crippen molar-refractivity contribution in [2.45, 2.75) is 46.0 Å². The van der Waals surface area contributed by atoms with Crippen molar-refractivity contribution < 1.29 is 19.4 Å². The summed E-state index contributed by atoms with van der Waals surface area (Å²) in [5.41, 5.74) is 0. The van der Waals surface area contributed by atoms with Crippen LogP contribution in [0.3, 0.4) is 0 Å². The number of esters is 1. The first-order chi connectivity index (χ1) is 8.26. The topological polar surface area (TPSA) is 55.8 Å². The molecule has 0 saturated heterocycles. The number of aliphatic hydroxyl groups excluding tert-OH is 1. The quantitative estimate of drug-likeness (QED) is 0.448. The minimum absolute atomic E-state index is 0.0346. The molecule has 0 bridgehead atoms. The lowest BCUT2D eigenvalue weighted by Gasteiger charge is -2.13. The van der Waals surface area contributed by atoms with E-state index >= 15 is 0 Å². The van der Waals surface area contributed by atoms with E-state index in [2.05, 4.69) is 6.92 Å². The van der Waals surface area contributed by atoms with Gasteiger partial charge in [-0.15, -0.1) is 0 Å². The van der Waals surface area contributed by atoms with Crippen LogP contribution in [0.4, 0.5) is 0 Å². The first-order valence-electron chi connectivity index (χ1n) is 6.61. The number of hydrogen-bond acceptors (Lipinski definition) is 4. The largest absolute Gasteiger partial charge is 0.463 e. The second kappa shape index (κ2) is 11.9. The van der Waals surface area contributed by atoms with Gasteiger partial charge in [-0.05, 0) is 19.3 Å². The van der Waals surface area contributed by atoms with Crippen LogP contribution in [-0.4, -0.2) is 37.5 Å². The van der Waals surface area contributed by atoms with Crippen LogP contribution in [-0.2, 0) is 14.3 Å². The SMILES string of the molecule is CCCCC(CC)C(=O)OCCOCCCO. The Hall–Kier alpha value is -0.610. The van der Waals surface area contributed by atoms with E-state index in [0.29, 0.717) is 26.2 Å². The van der Waals surface area contributed by atoms with E-state index in [0.717, 1.165) is 25.7 Å². The summed E-state index contributed by atoms with van der Waals surface area (Å²) >= 11 is 0. The summed E-state index contributed by atoms with van der Waals surface area (Å²) < 4.78 is 10.3. The molecule has 0 amide bonds. The first kappa shape index (κ1) is 16.4. The fraction of sp³-hybridized carbons (Fsp3) is 0.923. The van der Waals surface area contributed by atoms with Crippen molar-refractivity contribution in [1.82, 2.24) is 0 Å². The van der Waals surface area contributed by atoms with Gasteiger partial charge in [0, 0.05) is 13.2 Å². The number of aliphatic hydroxyl groups is 1. The number of hydrogen-bond donors (Lipinski definition) is 1. The zero-order valence-corrected chi connectivity index (χ0v) is 11.1. The van der Waals surface area contributed by atoms with Crippen LogP contribution < -0.4 is 0 Å². The monoisotopic (exact) mass is 246 g/mol. The normalized spacial score (nSPS) is 12.4. The van der Waals surface area contributed by atoms with Crippen LogP contribution in [0.5, 0.6) is 0 Å². The van der Waals surface area contributed by atoms with Crippen LogP contribution in [0.2, 0.25) is 0 Å². The van der Waals surface area contributed by atoms with Crippen molar-refractivity contribution in [2.75, 3.05) is 26.4 Å². The standard InChI is InChI=1S/C13H26O4/c1-3-5-7-12(4-2)13(15)17-11-10-16-9-6-8-14/h12,14H,3-11H2,1-2H3. The Labute approximate surface area is 104 Å². The van der Waals surface area contributed by atoms with Crippen molar-refractivity contribution >= 4 is 5.97 Å². The fourth-order valence-corrected chi connectivity index (χ4v) is 1.53. The van der Waals surface area contributed by atoms with E-state index in [1.54, 1.807) is 0 Å². The molecule has 1 N–H and O–H groups in total. The molecule has 1 atom stereocenters. The number of rotatable bonds is 11. The van der Waals surface area contributed by atoms with Crippen molar-refractivity contribution in [1.29, 1.82) is 0 Å². The Bertz CT molecular complexity index is 182. The molecular formula is C13H26O4. The van der Waals surface area contributed by atoms with Crippen LogP contribution in [0.25, 0.3) is 0 Å².